The Bertz CT molecular complexity index is 586. The molecule has 0 atom stereocenters. The lowest BCUT2D eigenvalue weighted by molar-refractivity contribution is 0.0606. The average Bonchev–Trinajstić information content (AvgIpc) is 2.87. The molecule has 0 saturated heterocycles. The van der Waals surface area contributed by atoms with Gasteiger partial charge in [-0.15, -0.1) is 0 Å². The topological polar surface area (TPSA) is 42.4 Å². The number of halogens is 1. The second-order valence-electron chi connectivity index (χ2n) is 3.98. The van der Waals surface area contributed by atoms with Crippen molar-refractivity contribution in [2.24, 2.45) is 0 Å². The molecule has 1 aromatic heterocycles. The van der Waals surface area contributed by atoms with Gasteiger partial charge in [0.2, 0.25) is 0 Å². The van der Waals surface area contributed by atoms with E-state index in [9.17, 15) is 4.79 Å². The van der Waals surface area contributed by atoms with Crippen LogP contribution in [0, 0.1) is 0 Å². The van der Waals surface area contributed by atoms with Crippen LogP contribution in [0.3, 0.4) is 0 Å². The molecule has 4 nitrogen and oxygen atoms in total. The Kier molecular flexibility index (Phi) is 4.55. The third-order valence-corrected chi connectivity index (χ3v) is 4.10. The molecular weight excluding hydrogens is 328 g/mol. The number of rotatable bonds is 4. The van der Waals surface area contributed by atoms with Gasteiger partial charge in [-0.2, -0.15) is 0 Å². The van der Waals surface area contributed by atoms with Crippen molar-refractivity contribution in [3.05, 3.63) is 45.4 Å². The summed E-state index contributed by atoms with van der Waals surface area (Å²) in [4.78, 5) is 18.1. The summed E-state index contributed by atoms with van der Waals surface area (Å²) in [5.74, 6) is -0.348. The lowest BCUT2D eigenvalue weighted by atomic mass is 10.2. The summed E-state index contributed by atoms with van der Waals surface area (Å²) in [5, 5.41) is 0.792. The van der Waals surface area contributed by atoms with Crippen LogP contribution in [0.1, 0.15) is 15.2 Å². The zero-order chi connectivity index (χ0) is 13.8. The minimum Gasteiger partial charge on any atom is -0.465 e. The number of esters is 1. The van der Waals surface area contributed by atoms with E-state index in [1.54, 1.807) is 6.20 Å². The molecule has 0 saturated carbocycles. The fourth-order valence-electron chi connectivity index (χ4n) is 1.61. The summed E-state index contributed by atoms with van der Waals surface area (Å²) in [6.45, 7) is 0.730. The predicted molar refractivity (Wildman–Crippen MR) is 79.7 cm³/mol. The molecule has 0 radical (unpaired) electrons. The summed E-state index contributed by atoms with van der Waals surface area (Å²) < 4.78 is 5.72. The largest absolute Gasteiger partial charge is 0.465 e. The Morgan fingerprint density at radius 1 is 1.53 bits per heavy atom. The molecule has 0 N–H and O–H groups in total. The van der Waals surface area contributed by atoms with Crippen molar-refractivity contribution >= 4 is 38.4 Å². The monoisotopic (exact) mass is 340 g/mol. The van der Waals surface area contributed by atoms with Gasteiger partial charge < -0.3 is 9.64 Å². The fourth-order valence-corrected chi connectivity index (χ4v) is 2.85. The van der Waals surface area contributed by atoms with E-state index in [1.165, 1.54) is 24.0 Å². The van der Waals surface area contributed by atoms with E-state index in [0.717, 1.165) is 16.1 Å². The first-order valence-electron chi connectivity index (χ1n) is 5.60. The SMILES string of the molecule is COC(=O)c1cnc(N(C)Cc2cccc(Br)c2)s1. The molecule has 6 heteroatoms. The van der Waals surface area contributed by atoms with Crippen molar-refractivity contribution in [3.63, 3.8) is 0 Å². The van der Waals surface area contributed by atoms with Gasteiger partial charge in [0, 0.05) is 18.1 Å². The van der Waals surface area contributed by atoms with E-state index < -0.39 is 0 Å². The van der Waals surface area contributed by atoms with Crippen molar-refractivity contribution in [3.8, 4) is 0 Å². The van der Waals surface area contributed by atoms with Crippen molar-refractivity contribution in [2.75, 3.05) is 19.1 Å². The second-order valence-corrected chi connectivity index (χ2v) is 5.91. The fraction of sp³-hybridized carbons (Fsp3) is 0.231. The molecule has 0 spiro atoms. The van der Waals surface area contributed by atoms with Gasteiger partial charge in [0.25, 0.3) is 0 Å². The number of methoxy groups -OCH3 is 1. The van der Waals surface area contributed by atoms with Crippen LogP contribution < -0.4 is 4.90 Å². The molecule has 1 heterocycles. The van der Waals surface area contributed by atoms with E-state index in [-0.39, 0.29) is 5.97 Å². The second kappa shape index (κ2) is 6.16. The Morgan fingerprint density at radius 2 is 2.32 bits per heavy atom. The summed E-state index contributed by atoms with van der Waals surface area (Å²) in [7, 11) is 3.31. The Balaban J connectivity index is 2.09. The van der Waals surface area contributed by atoms with Crippen molar-refractivity contribution in [2.45, 2.75) is 6.54 Å². The molecule has 1 aromatic carbocycles. The van der Waals surface area contributed by atoms with Gasteiger partial charge in [0.15, 0.2) is 5.13 Å². The highest BCUT2D eigenvalue weighted by Gasteiger charge is 2.13. The molecular formula is C13H13BrN2O2S. The molecule has 0 amide bonds. The van der Waals surface area contributed by atoms with E-state index in [1.807, 2.05) is 24.1 Å². The van der Waals surface area contributed by atoms with Crippen LogP contribution in [0.25, 0.3) is 0 Å². The molecule has 100 valence electrons. The number of anilines is 1. The van der Waals surface area contributed by atoms with Crippen LogP contribution >= 0.6 is 27.3 Å². The van der Waals surface area contributed by atoms with Gasteiger partial charge in [-0.3, -0.25) is 0 Å². The molecule has 0 aliphatic heterocycles. The number of carbonyl (C=O) groups is 1. The lowest BCUT2D eigenvalue weighted by Crippen LogP contribution is -2.15. The zero-order valence-corrected chi connectivity index (χ0v) is 13.0. The van der Waals surface area contributed by atoms with Crippen molar-refractivity contribution in [1.82, 2.24) is 4.98 Å². The first-order chi connectivity index (χ1) is 9.10. The highest BCUT2D eigenvalue weighted by atomic mass is 79.9. The molecule has 0 aliphatic rings. The third kappa shape index (κ3) is 3.54. The maximum Gasteiger partial charge on any atom is 0.349 e. The molecule has 2 aromatic rings. The van der Waals surface area contributed by atoms with Gasteiger partial charge in [-0.25, -0.2) is 9.78 Å². The van der Waals surface area contributed by atoms with Crippen LogP contribution in [-0.2, 0) is 11.3 Å². The quantitative estimate of drug-likeness (QED) is 0.800. The summed E-state index contributed by atoms with van der Waals surface area (Å²) in [5.41, 5.74) is 1.17. The predicted octanol–water partition coefficient (Wildman–Crippen LogP) is 3.33. The van der Waals surface area contributed by atoms with Crippen LogP contribution in [-0.4, -0.2) is 25.1 Å². The number of carbonyl (C=O) groups excluding carboxylic acids is 1. The molecule has 0 unspecified atom stereocenters. The van der Waals surface area contributed by atoms with Crippen molar-refractivity contribution in [1.29, 1.82) is 0 Å². The number of benzene rings is 1. The van der Waals surface area contributed by atoms with Gasteiger partial charge in [-0.05, 0) is 17.7 Å². The van der Waals surface area contributed by atoms with Crippen molar-refractivity contribution < 1.29 is 9.53 Å². The minimum atomic E-state index is -0.348. The van der Waals surface area contributed by atoms with Gasteiger partial charge in [0.1, 0.15) is 4.88 Å². The first-order valence-corrected chi connectivity index (χ1v) is 7.21. The number of hydrogen-bond acceptors (Lipinski definition) is 5. The Hall–Kier alpha value is -1.40. The smallest absolute Gasteiger partial charge is 0.349 e. The maximum atomic E-state index is 11.4. The average molecular weight is 341 g/mol. The molecule has 0 bridgehead atoms. The number of thiazole rings is 1. The lowest BCUT2D eigenvalue weighted by Gasteiger charge is -2.15. The highest BCUT2D eigenvalue weighted by molar-refractivity contribution is 9.10. The number of ether oxygens (including phenoxy) is 1. The number of aromatic nitrogens is 1. The highest BCUT2D eigenvalue weighted by Crippen LogP contribution is 2.24. The molecule has 2 rings (SSSR count). The molecule has 19 heavy (non-hydrogen) atoms. The van der Waals surface area contributed by atoms with Crippen LogP contribution in [0.4, 0.5) is 5.13 Å². The Morgan fingerprint density at radius 3 is 3.00 bits per heavy atom. The number of nitrogens with zero attached hydrogens (tertiary/aromatic N) is 2. The zero-order valence-electron chi connectivity index (χ0n) is 10.6. The molecule has 0 fully saturated rings. The standard InChI is InChI=1S/C13H13BrN2O2S/c1-16(8-9-4-3-5-10(14)6-9)13-15-7-11(19-13)12(17)18-2/h3-7H,8H2,1-2H3. The van der Waals surface area contributed by atoms with Crippen LogP contribution in [0.2, 0.25) is 0 Å². The third-order valence-electron chi connectivity index (χ3n) is 2.52. The van der Waals surface area contributed by atoms with E-state index in [2.05, 4.69) is 37.8 Å². The minimum absolute atomic E-state index is 0.348. The van der Waals surface area contributed by atoms with Gasteiger partial charge >= 0.3 is 5.97 Å². The summed E-state index contributed by atoms with van der Waals surface area (Å²) >= 11 is 4.77. The van der Waals surface area contributed by atoms with Gasteiger partial charge in [-0.1, -0.05) is 39.4 Å². The van der Waals surface area contributed by atoms with E-state index in [0.29, 0.717) is 4.88 Å². The summed E-state index contributed by atoms with van der Waals surface area (Å²) in [6, 6.07) is 8.10. The molecule has 0 aliphatic carbocycles. The van der Waals surface area contributed by atoms with Crippen LogP contribution in [0.5, 0.6) is 0 Å². The normalized spacial score (nSPS) is 10.3. The van der Waals surface area contributed by atoms with Gasteiger partial charge in [0.05, 0.1) is 13.3 Å². The van der Waals surface area contributed by atoms with Crippen LogP contribution in [0.15, 0.2) is 34.9 Å². The van der Waals surface area contributed by atoms with E-state index >= 15 is 0 Å². The Labute approximate surface area is 124 Å². The summed E-state index contributed by atoms with van der Waals surface area (Å²) in [6.07, 6.45) is 1.54. The maximum absolute atomic E-state index is 11.4. The van der Waals surface area contributed by atoms with E-state index in [4.69, 9.17) is 0 Å². The first kappa shape index (κ1) is 14.0. The number of hydrogen-bond donors (Lipinski definition) is 0.